The fraction of sp³-hybridized carbons (Fsp3) is 0.500. The number of halogens is 2. The van der Waals surface area contributed by atoms with Gasteiger partial charge >= 0.3 is 0 Å². The van der Waals surface area contributed by atoms with Crippen LogP contribution < -0.4 is 0 Å². The lowest BCUT2D eigenvalue weighted by Crippen LogP contribution is -2.43. The molecule has 10 heteroatoms. The summed E-state index contributed by atoms with van der Waals surface area (Å²) in [5.74, 6) is -0.265. The van der Waals surface area contributed by atoms with Gasteiger partial charge < -0.3 is 0 Å². The molecular formula is C8H9BrClNO4S3. The number of nitrogens with zero attached hydrogens (tertiary/aromatic N) is 1. The minimum atomic E-state index is -3.64. The molecule has 0 saturated carbocycles. The number of thiophene rings is 1. The van der Waals surface area contributed by atoms with E-state index in [1.54, 1.807) is 0 Å². The molecule has 102 valence electrons. The van der Waals surface area contributed by atoms with Crippen LogP contribution in [0.3, 0.4) is 0 Å². The standard InChI is InChI=1S/C8H9BrClNO4S3/c9-8-6(10)5-7(16-8)18(14,15)11-1-3-17(12,13)4-2-11/h5H,1-4H2. The highest BCUT2D eigenvalue weighted by Gasteiger charge is 2.32. The molecule has 1 aliphatic rings. The Kier molecular flexibility index (Phi) is 4.11. The average molecular weight is 395 g/mol. The van der Waals surface area contributed by atoms with E-state index in [0.717, 1.165) is 11.3 Å². The zero-order valence-corrected chi connectivity index (χ0v) is 13.8. The lowest BCUT2D eigenvalue weighted by atomic mass is 10.6. The normalized spacial score (nSPS) is 21.0. The first-order valence-electron chi connectivity index (χ1n) is 4.88. The second-order valence-corrected chi connectivity index (χ2v) is 11.0. The molecule has 2 heterocycles. The van der Waals surface area contributed by atoms with Gasteiger partial charge in [0.05, 0.1) is 20.3 Å². The summed E-state index contributed by atoms with van der Waals surface area (Å²) in [6, 6.07) is 1.37. The maximum atomic E-state index is 12.2. The quantitative estimate of drug-likeness (QED) is 0.763. The van der Waals surface area contributed by atoms with Crippen molar-refractivity contribution in [3.05, 3.63) is 14.9 Å². The van der Waals surface area contributed by atoms with E-state index in [2.05, 4.69) is 15.9 Å². The van der Waals surface area contributed by atoms with Gasteiger partial charge in [0.25, 0.3) is 10.0 Å². The van der Waals surface area contributed by atoms with Gasteiger partial charge in [-0.2, -0.15) is 4.31 Å². The molecule has 0 aromatic carbocycles. The Bertz CT molecular complexity index is 633. The molecule has 0 atom stereocenters. The largest absolute Gasteiger partial charge is 0.252 e. The molecule has 5 nitrogen and oxygen atoms in total. The number of sulfonamides is 1. The van der Waals surface area contributed by atoms with Gasteiger partial charge in [-0.25, -0.2) is 16.8 Å². The topological polar surface area (TPSA) is 71.5 Å². The predicted molar refractivity (Wildman–Crippen MR) is 74.4 cm³/mol. The molecule has 0 N–H and O–H groups in total. The molecule has 1 saturated heterocycles. The number of sulfone groups is 1. The first-order valence-corrected chi connectivity index (χ1v) is 10.1. The van der Waals surface area contributed by atoms with Crippen LogP contribution in [-0.2, 0) is 19.9 Å². The van der Waals surface area contributed by atoms with E-state index in [0.29, 0.717) is 8.81 Å². The van der Waals surface area contributed by atoms with Crippen LogP contribution in [0, 0.1) is 0 Å². The SMILES string of the molecule is O=S1(=O)CCN(S(=O)(=O)c2cc(Cl)c(Br)s2)CC1. The lowest BCUT2D eigenvalue weighted by molar-refractivity contribution is 0.432. The van der Waals surface area contributed by atoms with Crippen LogP contribution in [0.5, 0.6) is 0 Å². The third kappa shape index (κ3) is 2.91. The molecule has 18 heavy (non-hydrogen) atoms. The fourth-order valence-electron chi connectivity index (χ4n) is 1.52. The summed E-state index contributed by atoms with van der Waals surface area (Å²) in [5.41, 5.74) is 0. The summed E-state index contributed by atoms with van der Waals surface area (Å²) in [5, 5.41) is 0.336. The summed E-state index contributed by atoms with van der Waals surface area (Å²) in [4.78, 5) is 0. The van der Waals surface area contributed by atoms with Crippen molar-refractivity contribution in [3.8, 4) is 0 Å². The molecule has 1 aromatic heterocycles. The Morgan fingerprint density at radius 1 is 1.33 bits per heavy atom. The van der Waals surface area contributed by atoms with Gasteiger partial charge in [-0.1, -0.05) is 11.6 Å². The molecule has 0 amide bonds. The number of rotatable bonds is 2. The van der Waals surface area contributed by atoms with Crippen molar-refractivity contribution >= 4 is 58.7 Å². The smallest absolute Gasteiger partial charge is 0.229 e. The van der Waals surface area contributed by atoms with Crippen LogP contribution in [0.25, 0.3) is 0 Å². The van der Waals surface area contributed by atoms with E-state index < -0.39 is 19.9 Å². The summed E-state index contributed by atoms with van der Waals surface area (Å²) in [7, 11) is -6.74. The maximum absolute atomic E-state index is 12.2. The summed E-state index contributed by atoms with van der Waals surface area (Å²) in [6.45, 7) is -0.00436. The van der Waals surface area contributed by atoms with Crippen molar-refractivity contribution in [2.75, 3.05) is 24.6 Å². The molecule has 1 fully saturated rings. The molecular weight excluding hydrogens is 386 g/mol. The highest BCUT2D eigenvalue weighted by molar-refractivity contribution is 9.11. The Labute approximate surface area is 123 Å². The van der Waals surface area contributed by atoms with Crippen LogP contribution in [-0.4, -0.2) is 45.7 Å². The molecule has 0 unspecified atom stereocenters. The van der Waals surface area contributed by atoms with Crippen molar-refractivity contribution in [2.45, 2.75) is 4.21 Å². The van der Waals surface area contributed by atoms with E-state index in [4.69, 9.17) is 11.6 Å². The van der Waals surface area contributed by atoms with Crippen LogP contribution in [0.2, 0.25) is 5.02 Å². The van der Waals surface area contributed by atoms with Crippen molar-refractivity contribution < 1.29 is 16.8 Å². The van der Waals surface area contributed by atoms with Gasteiger partial charge in [-0.3, -0.25) is 0 Å². The molecule has 0 aliphatic carbocycles. The predicted octanol–water partition coefficient (Wildman–Crippen LogP) is 1.58. The third-order valence-corrected chi connectivity index (χ3v) is 8.95. The Hall–Kier alpha value is 0.330. The maximum Gasteiger partial charge on any atom is 0.252 e. The molecule has 2 rings (SSSR count). The van der Waals surface area contributed by atoms with Gasteiger partial charge in [0, 0.05) is 13.1 Å². The van der Waals surface area contributed by atoms with Crippen LogP contribution in [0.15, 0.2) is 14.1 Å². The first kappa shape index (κ1) is 14.7. The molecule has 1 aromatic rings. The zero-order valence-electron chi connectivity index (χ0n) is 8.97. The second kappa shape index (κ2) is 5.02. The zero-order chi connectivity index (χ0) is 13.6. The molecule has 0 radical (unpaired) electrons. The van der Waals surface area contributed by atoms with E-state index in [-0.39, 0.29) is 28.8 Å². The van der Waals surface area contributed by atoms with E-state index in [9.17, 15) is 16.8 Å². The van der Waals surface area contributed by atoms with E-state index >= 15 is 0 Å². The van der Waals surface area contributed by atoms with Crippen molar-refractivity contribution in [1.29, 1.82) is 0 Å². The number of hydrogen-bond acceptors (Lipinski definition) is 5. The number of hydrogen-bond donors (Lipinski definition) is 0. The second-order valence-electron chi connectivity index (χ2n) is 3.74. The first-order chi connectivity index (χ1) is 8.22. The Morgan fingerprint density at radius 2 is 1.89 bits per heavy atom. The molecule has 0 bridgehead atoms. The summed E-state index contributed by atoms with van der Waals surface area (Å²) >= 11 is 9.98. The van der Waals surface area contributed by atoms with Crippen molar-refractivity contribution in [2.24, 2.45) is 0 Å². The van der Waals surface area contributed by atoms with Crippen molar-refractivity contribution in [1.82, 2.24) is 4.31 Å². The minimum absolute atomic E-state index is 0.00218. The van der Waals surface area contributed by atoms with Crippen LogP contribution in [0.4, 0.5) is 0 Å². The van der Waals surface area contributed by atoms with Crippen LogP contribution in [0.1, 0.15) is 0 Å². The Morgan fingerprint density at radius 3 is 2.33 bits per heavy atom. The molecule has 1 aliphatic heterocycles. The monoisotopic (exact) mass is 393 g/mol. The van der Waals surface area contributed by atoms with Crippen molar-refractivity contribution in [3.63, 3.8) is 0 Å². The fourth-order valence-corrected chi connectivity index (χ4v) is 6.94. The Balaban J connectivity index is 2.28. The highest BCUT2D eigenvalue weighted by Crippen LogP contribution is 2.36. The summed E-state index contributed by atoms with van der Waals surface area (Å²) < 4.78 is 48.8. The van der Waals surface area contributed by atoms with E-state index in [1.807, 2.05) is 0 Å². The minimum Gasteiger partial charge on any atom is -0.229 e. The average Bonchev–Trinajstić information content (AvgIpc) is 2.59. The van der Waals surface area contributed by atoms with E-state index in [1.165, 1.54) is 10.4 Å². The molecule has 0 spiro atoms. The third-order valence-electron chi connectivity index (χ3n) is 2.52. The van der Waals surface area contributed by atoms with Gasteiger partial charge in [-0.05, 0) is 22.0 Å². The lowest BCUT2D eigenvalue weighted by Gasteiger charge is -2.25. The summed E-state index contributed by atoms with van der Waals surface area (Å²) in [6.07, 6.45) is 0. The van der Waals surface area contributed by atoms with Gasteiger partial charge in [0.2, 0.25) is 0 Å². The highest BCUT2D eigenvalue weighted by atomic mass is 79.9. The van der Waals surface area contributed by atoms with Crippen LogP contribution >= 0.6 is 38.9 Å². The van der Waals surface area contributed by atoms with Gasteiger partial charge in [0.15, 0.2) is 9.84 Å². The van der Waals surface area contributed by atoms with Gasteiger partial charge in [-0.15, -0.1) is 11.3 Å². The van der Waals surface area contributed by atoms with Gasteiger partial charge in [0.1, 0.15) is 4.21 Å².